The zero-order valence-corrected chi connectivity index (χ0v) is 8.75. The fourth-order valence-corrected chi connectivity index (χ4v) is 1.49. The van der Waals surface area contributed by atoms with Gasteiger partial charge in [-0.25, -0.2) is 0 Å². The molecule has 14 heavy (non-hydrogen) atoms. The smallest absolute Gasteiger partial charge is 0.176 e. The number of likely N-dealkylation sites (N-methyl/N-ethyl adjacent to an activating group) is 2. The Balaban J connectivity index is 2.65. The number of nitrogens with one attached hydrogen (secondary N) is 1. The van der Waals surface area contributed by atoms with E-state index in [1.165, 1.54) is 0 Å². The number of hydrogen-bond donors (Lipinski definition) is 3. The molecule has 0 spiro atoms. The third-order valence-electron chi connectivity index (χ3n) is 2.39. The van der Waals surface area contributed by atoms with Crippen molar-refractivity contribution in [3.8, 4) is 0 Å². The molecule has 0 saturated heterocycles. The van der Waals surface area contributed by atoms with E-state index in [-0.39, 0.29) is 11.5 Å². The highest BCUT2D eigenvalue weighted by Crippen LogP contribution is 2.23. The van der Waals surface area contributed by atoms with E-state index in [1.54, 1.807) is 6.08 Å². The Morgan fingerprint density at radius 2 is 2.21 bits per heavy atom. The van der Waals surface area contributed by atoms with Crippen LogP contribution in [0, 0.1) is 0 Å². The first kappa shape index (κ1) is 10.9. The zero-order chi connectivity index (χ0) is 10.6. The first-order chi connectivity index (χ1) is 6.66. The highest BCUT2D eigenvalue weighted by atomic mass is 16.3. The number of aliphatic hydroxyl groups excluding tert-OH is 2. The van der Waals surface area contributed by atoms with Crippen LogP contribution in [0.2, 0.25) is 0 Å². The minimum absolute atomic E-state index is 0.00237. The molecule has 1 aliphatic rings. The van der Waals surface area contributed by atoms with Gasteiger partial charge in [0, 0.05) is 20.1 Å². The van der Waals surface area contributed by atoms with Crippen molar-refractivity contribution in [2.45, 2.75) is 12.8 Å². The molecule has 0 radical (unpaired) electrons. The summed E-state index contributed by atoms with van der Waals surface area (Å²) in [5.41, 5.74) is 0.820. The van der Waals surface area contributed by atoms with E-state index in [1.807, 2.05) is 19.0 Å². The van der Waals surface area contributed by atoms with Crippen LogP contribution >= 0.6 is 0 Å². The minimum atomic E-state index is 0.00237. The maximum absolute atomic E-state index is 9.61. The highest BCUT2D eigenvalue weighted by Gasteiger charge is 2.17. The molecule has 0 atom stereocenters. The SMILES string of the molecule is CNCCN(C)C1=C(O)C(O)=CCC1. The van der Waals surface area contributed by atoms with Gasteiger partial charge < -0.3 is 20.4 Å². The van der Waals surface area contributed by atoms with Crippen LogP contribution in [0.5, 0.6) is 0 Å². The van der Waals surface area contributed by atoms with Gasteiger partial charge in [-0.15, -0.1) is 0 Å². The van der Waals surface area contributed by atoms with Crippen molar-refractivity contribution >= 4 is 0 Å². The van der Waals surface area contributed by atoms with E-state index in [2.05, 4.69) is 5.32 Å². The predicted octanol–water partition coefficient (Wildman–Crippen LogP) is 1.14. The summed E-state index contributed by atoms with van der Waals surface area (Å²) in [6, 6.07) is 0. The van der Waals surface area contributed by atoms with Crippen LogP contribution in [-0.2, 0) is 0 Å². The van der Waals surface area contributed by atoms with E-state index in [4.69, 9.17) is 0 Å². The molecule has 0 aromatic carbocycles. The van der Waals surface area contributed by atoms with Crippen LogP contribution in [-0.4, -0.2) is 42.3 Å². The molecule has 1 rings (SSSR count). The maximum Gasteiger partial charge on any atom is 0.176 e. The Hall–Kier alpha value is -1.16. The van der Waals surface area contributed by atoms with Gasteiger partial charge in [-0.3, -0.25) is 0 Å². The standard InChI is InChI=1S/C10H18N2O2/c1-11-6-7-12(2)8-4-3-5-9(13)10(8)14/h5,11,13-14H,3-4,6-7H2,1-2H3. The van der Waals surface area contributed by atoms with Crippen LogP contribution in [0.4, 0.5) is 0 Å². The molecule has 80 valence electrons. The fourth-order valence-electron chi connectivity index (χ4n) is 1.49. The van der Waals surface area contributed by atoms with Crippen molar-refractivity contribution in [3.05, 3.63) is 23.3 Å². The fraction of sp³-hybridized carbons (Fsp3) is 0.600. The van der Waals surface area contributed by atoms with E-state index < -0.39 is 0 Å². The van der Waals surface area contributed by atoms with Crippen molar-refractivity contribution in [2.75, 3.05) is 27.2 Å². The van der Waals surface area contributed by atoms with Gasteiger partial charge in [0.15, 0.2) is 11.5 Å². The average molecular weight is 198 g/mol. The summed E-state index contributed by atoms with van der Waals surface area (Å²) in [6.07, 6.45) is 3.22. The lowest BCUT2D eigenvalue weighted by Gasteiger charge is -2.25. The third kappa shape index (κ3) is 2.42. The van der Waals surface area contributed by atoms with E-state index in [9.17, 15) is 10.2 Å². The first-order valence-electron chi connectivity index (χ1n) is 4.84. The lowest BCUT2D eigenvalue weighted by Crippen LogP contribution is -2.28. The molecule has 4 heteroatoms. The Labute approximate surface area is 84.5 Å². The summed E-state index contributed by atoms with van der Waals surface area (Å²) < 4.78 is 0. The molecule has 0 aliphatic heterocycles. The number of hydrogen-bond acceptors (Lipinski definition) is 4. The normalized spacial score (nSPS) is 16.9. The molecule has 1 aliphatic carbocycles. The Morgan fingerprint density at radius 1 is 1.50 bits per heavy atom. The molecule has 0 heterocycles. The van der Waals surface area contributed by atoms with Crippen LogP contribution < -0.4 is 5.32 Å². The molecule has 0 unspecified atom stereocenters. The molecule has 0 fully saturated rings. The molecule has 0 aromatic rings. The average Bonchev–Trinajstić information content (AvgIpc) is 2.18. The second-order valence-corrected chi connectivity index (χ2v) is 3.45. The molecule has 3 N–H and O–H groups in total. The second-order valence-electron chi connectivity index (χ2n) is 3.45. The van der Waals surface area contributed by atoms with Crippen LogP contribution in [0.1, 0.15) is 12.8 Å². The largest absolute Gasteiger partial charge is 0.504 e. The van der Waals surface area contributed by atoms with Crippen molar-refractivity contribution < 1.29 is 10.2 Å². The Kier molecular flexibility index (Phi) is 3.83. The van der Waals surface area contributed by atoms with Gasteiger partial charge in [0.25, 0.3) is 0 Å². The quantitative estimate of drug-likeness (QED) is 0.634. The highest BCUT2D eigenvalue weighted by molar-refractivity contribution is 5.27. The molecule has 0 saturated carbocycles. The number of allylic oxidation sites excluding steroid dienone is 2. The van der Waals surface area contributed by atoms with E-state index in [0.29, 0.717) is 0 Å². The van der Waals surface area contributed by atoms with E-state index >= 15 is 0 Å². The van der Waals surface area contributed by atoms with Gasteiger partial charge in [-0.1, -0.05) is 0 Å². The summed E-state index contributed by atoms with van der Waals surface area (Å²) in [4.78, 5) is 1.97. The number of rotatable bonds is 4. The summed E-state index contributed by atoms with van der Waals surface area (Å²) in [7, 11) is 3.81. The van der Waals surface area contributed by atoms with Gasteiger partial charge in [0.2, 0.25) is 0 Å². The topological polar surface area (TPSA) is 55.7 Å². The van der Waals surface area contributed by atoms with E-state index in [0.717, 1.165) is 31.6 Å². The molecule has 0 amide bonds. The summed E-state index contributed by atoms with van der Waals surface area (Å²) in [5.74, 6) is 0.0254. The summed E-state index contributed by atoms with van der Waals surface area (Å²) in [6.45, 7) is 1.68. The van der Waals surface area contributed by atoms with Gasteiger partial charge in [-0.05, 0) is 26.0 Å². The summed E-state index contributed by atoms with van der Waals surface area (Å²) >= 11 is 0. The predicted molar refractivity (Wildman–Crippen MR) is 56.2 cm³/mol. The number of nitrogens with zero attached hydrogens (tertiary/aromatic N) is 1. The second kappa shape index (κ2) is 4.91. The van der Waals surface area contributed by atoms with Crippen molar-refractivity contribution in [2.24, 2.45) is 0 Å². The molecule has 0 bridgehead atoms. The third-order valence-corrected chi connectivity index (χ3v) is 2.39. The monoisotopic (exact) mass is 198 g/mol. The molecule has 4 nitrogen and oxygen atoms in total. The van der Waals surface area contributed by atoms with Crippen LogP contribution in [0.3, 0.4) is 0 Å². The molecular weight excluding hydrogens is 180 g/mol. The maximum atomic E-state index is 9.61. The van der Waals surface area contributed by atoms with Gasteiger partial charge in [-0.2, -0.15) is 0 Å². The Bertz CT molecular complexity index is 259. The molecule has 0 aromatic heterocycles. The summed E-state index contributed by atoms with van der Waals surface area (Å²) in [5, 5.41) is 22.0. The van der Waals surface area contributed by atoms with Crippen LogP contribution in [0.25, 0.3) is 0 Å². The lowest BCUT2D eigenvalue weighted by molar-refractivity contribution is 0.282. The van der Waals surface area contributed by atoms with Gasteiger partial charge in [0.1, 0.15) is 0 Å². The lowest BCUT2D eigenvalue weighted by atomic mass is 10.1. The van der Waals surface area contributed by atoms with Gasteiger partial charge in [0.05, 0.1) is 5.70 Å². The van der Waals surface area contributed by atoms with Crippen molar-refractivity contribution in [1.82, 2.24) is 10.2 Å². The Morgan fingerprint density at radius 3 is 2.86 bits per heavy atom. The van der Waals surface area contributed by atoms with Crippen molar-refractivity contribution in [1.29, 1.82) is 0 Å². The van der Waals surface area contributed by atoms with Crippen molar-refractivity contribution in [3.63, 3.8) is 0 Å². The van der Waals surface area contributed by atoms with Crippen LogP contribution in [0.15, 0.2) is 23.3 Å². The van der Waals surface area contributed by atoms with Gasteiger partial charge >= 0.3 is 0 Å². The minimum Gasteiger partial charge on any atom is -0.504 e. The number of aliphatic hydroxyl groups is 2. The zero-order valence-electron chi connectivity index (χ0n) is 8.75. The first-order valence-corrected chi connectivity index (χ1v) is 4.84. The molecular formula is C10H18N2O2.